The summed E-state index contributed by atoms with van der Waals surface area (Å²) in [6.07, 6.45) is 6.11. The Hall–Kier alpha value is -3.61. The minimum absolute atomic E-state index is 0.0774. The number of benzene rings is 1. The summed E-state index contributed by atoms with van der Waals surface area (Å²) in [6, 6.07) is 6.85. The average Bonchev–Trinajstić information content (AvgIpc) is 3.87. The summed E-state index contributed by atoms with van der Waals surface area (Å²) in [5, 5.41) is 4.88. The molecule has 13 heteroatoms. The standard InChI is InChI=1S/C29H38N4O8S/c1-33-14-8-4-3-5-9-18-17-29(18,27(36)32-42(38,39)20-12-13-20)31-25(34)21-15-19(16-22(21)26(33)35)41-28(37)30-23-10-6-7-11-24(23)40-2/h5-7,9-11,18-22H,3-4,8,12-17H2,1-2H3,(H,30,37)(H,31,34)(H,32,36)/b9-5-/t18-,19-,21-,22-,29-/m1/s1. The topological polar surface area (TPSA) is 160 Å². The molecular weight excluding hydrogens is 564 g/mol. The molecule has 0 spiro atoms. The van der Waals surface area contributed by atoms with Crippen molar-refractivity contribution in [1.82, 2.24) is 14.9 Å². The monoisotopic (exact) mass is 602 g/mol. The molecule has 42 heavy (non-hydrogen) atoms. The first kappa shape index (κ1) is 29.9. The van der Waals surface area contributed by atoms with Crippen LogP contribution in [-0.2, 0) is 29.1 Å². The van der Waals surface area contributed by atoms with Gasteiger partial charge >= 0.3 is 6.09 Å². The van der Waals surface area contributed by atoms with Crippen LogP contribution in [0.5, 0.6) is 5.75 Å². The van der Waals surface area contributed by atoms with Crippen molar-refractivity contribution in [3.05, 3.63) is 36.4 Å². The summed E-state index contributed by atoms with van der Waals surface area (Å²) in [5.74, 6) is -3.09. The Labute approximate surface area is 245 Å². The number of ether oxygens (including phenoxy) is 2. The van der Waals surface area contributed by atoms with Crippen molar-refractivity contribution in [2.75, 3.05) is 26.0 Å². The third-order valence-corrected chi connectivity index (χ3v) is 10.4. The molecule has 228 valence electrons. The zero-order valence-electron chi connectivity index (χ0n) is 23.8. The number of hydrogen-bond donors (Lipinski definition) is 3. The van der Waals surface area contributed by atoms with Crippen molar-refractivity contribution in [3.63, 3.8) is 0 Å². The minimum atomic E-state index is -3.82. The van der Waals surface area contributed by atoms with Crippen molar-refractivity contribution < 1.29 is 37.1 Å². The Morgan fingerprint density at radius 3 is 2.57 bits per heavy atom. The number of sulfonamides is 1. The maximum Gasteiger partial charge on any atom is 0.412 e. The highest BCUT2D eigenvalue weighted by molar-refractivity contribution is 7.91. The molecule has 0 bridgehead atoms. The Morgan fingerprint density at radius 2 is 1.83 bits per heavy atom. The molecule has 1 aromatic rings. The van der Waals surface area contributed by atoms with Gasteiger partial charge in [-0.25, -0.2) is 13.2 Å². The van der Waals surface area contributed by atoms with Gasteiger partial charge in [-0.1, -0.05) is 24.3 Å². The van der Waals surface area contributed by atoms with Crippen molar-refractivity contribution in [2.45, 2.75) is 68.3 Å². The summed E-state index contributed by atoms with van der Waals surface area (Å²) >= 11 is 0. The molecule has 12 nitrogen and oxygen atoms in total. The van der Waals surface area contributed by atoms with Gasteiger partial charge in [-0.2, -0.15) is 0 Å². The number of nitrogens with zero attached hydrogens (tertiary/aromatic N) is 1. The van der Waals surface area contributed by atoms with Crippen molar-refractivity contribution >= 4 is 39.5 Å². The molecule has 3 saturated carbocycles. The van der Waals surface area contributed by atoms with Gasteiger partial charge in [-0.05, 0) is 63.5 Å². The zero-order chi connectivity index (χ0) is 30.1. The first-order valence-corrected chi connectivity index (χ1v) is 16.0. The van der Waals surface area contributed by atoms with Gasteiger partial charge in [0.15, 0.2) is 0 Å². The fourth-order valence-corrected chi connectivity index (χ4v) is 7.29. The Morgan fingerprint density at radius 1 is 1.10 bits per heavy atom. The molecule has 4 amide bonds. The molecule has 5 rings (SSSR count). The Kier molecular flexibility index (Phi) is 8.49. The van der Waals surface area contributed by atoms with Crippen LogP contribution in [0.4, 0.5) is 10.5 Å². The first-order chi connectivity index (χ1) is 20.0. The van der Waals surface area contributed by atoms with Gasteiger partial charge in [0.05, 0.1) is 29.9 Å². The predicted octanol–water partition coefficient (Wildman–Crippen LogP) is 2.32. The molecule has 5 atom stereocenters. The lowest BCUT2D eigenvalue weighted by Gasteiger charge is -2.26. The third-order valence-electron chi connectivity index (χ3n) is 8.61. The van der Waals surface area contributed by atoms with Crippen molar-refractivity contribution in [2.24, 2.45) is 17.8 Å². The summed E-state index contributed by atoms with van der Waals surface area (Å²) in [6.45, 7) is 0.520. The van der Waals surface area contributed by atoms with Crippen LogP contribution in [0.15, 0.2) is 36.4 Å². The largest absolute Gasteiger partial charge is 0.495 e. The molecular formula is C29H38N4O8S. The number of carbonyl (C=O) groups is 4. The smallest absolute Gasteiger partial charge is 0.412 e. The van der Waals surface area contributed by atoms with Gasteiger partial charge in [0, 0.05) is 19.5 Å². The maximum atomic E-state index is 13.8. The van der Waals surface area contributed by atoms with E-state index in [1.165, 1.54) is 7.11 Å². The number of fused-ring (bicyclic) bond motifs is 2. The fraction of sp³-hybridized carbons (Fsp3) is 0.586. The summed E-state index contributed by atoms with van der Waals surface area (Å²) in [5.41, 5.74) is -1.00. The molecule has 3 fully saturated rings. The van der Waals surface area contributed by atoms with Crippen molar-refractivity contribution in [1.29, 1.82) is 0 Å². The SMILES string of the molecule is COc1ccccc1NC(=O)O[C@@H]1C[C@H]2C(=O)N[C@]3(C(=O)NS(=O)(=O)C4CC4)C[C@H]3/C=C\CCCCN(C)C(=O)[C@@H]2C1. The van der Waals surface area contributed by atoms with E-state index in [-0.39, 0.29) is 31.1 Å². The van der Waals surface area contributed by atoms with Crippen LogP contribution < -0.4 is 20.1 Å². The number of amides is 4. The molecule has 3 aliphatic carbocycles. The molecule has 0 aromatic heterocycles. The second-order valence-corrected chi connectivity index (χ2v) is 13.6. The molecule has 3 N–H and O–H groups in total. The molecule has 1 heterocycles. The normalized spacial score (nSPS) is 30.6. The first-order valence-electron chi connectivity index (χ1n) is 14.4. The highest BCUT2D eigenvalue weighted by Crippen LogP contribution is 2.47. The molecule has 1 aromatic carbocycles. The van der Waals surface area contributed by atoms with Crippen LogP contribution >= 0.6 is 0 Å². The van der Waals surface area contributed by atoms with Gasteiger partial charge in [0.25, 0.3) is 5.91 Å². The van der Waals surface area contributed by atoms with Gasteiger partial charge < -0.3 is 19.7 Å². The van der Waals surface area contributed by atoms with Crippen LogP contribution in [-0.4, -0.2) is 74.7 Å². The number of carbonyl (C=O) groups excluding carboxylic acids is 4. The van der Waals surface area contributed by atoms with Crippen LogP contribution in [0.1, 0.15) is 51.4 Å². The van der Waals surface area contributed by atoms with Gasteiger partial charge in [0.2, 0.25) is 21.8 Å². The number of nitrogens with one attached hydrogen (secondary N) is 3. The molecule has 0 saturated heterocycles. The number of allylic oxidation sites excluding steroid dienone is 1. The molecule has 0 unspecified atom stereocenters. The zero-order valence-corrected chi connectivity index (χ0v) is 24.7. The number of methoxy groups -OCH3 is 1. The number of para-hydroxylation sites is 2. The fourth-order valence-electron chi connectivity index (χ4n) is 5.93. The van der Waals surface area contributed by atoms with Crippen molar-refractivity contribution in [3.8, 4) is 5.75 Å². The van der Waals surface area contributed by atoms with E-state index in [2.05, 4.69) is 15.4 Å². The minimum Gasteiger partial charge on any atom is -0.495 e. The molecule has 1 aliphatic heterocycles. The van der Waals surface area contributed by atoms with Gasteiger partial charge in [0.1, 0.15) is 17.4 Å². The highest BCUT2D eigenvalue weighted by Gasteiger charge is 2.62. The van der Waals surface area contributed by atoms with Crippen LogP contribution in [0, 0.1) is 17.8 Å². The van der Waals surface area contributed by atoms with Gasteiger partial charge in [-0.15, -0.1) is 0 Å². The quantitative estimate of drug-likeness (QED) is 0.418. The Bertz CT molecular complexity index is 1380. The van der Waals surface area contributed by atoms with E-state index in [1.807, 2.05) is 12.2 Å². The summed E-state index contributed by atoms with van der Waals surface area (Å²) in [7, 11) is -0.650. The van der Waals surface area contributed by atoms with Crippen LogP contribution in [0.2, 0.25) is 0 Å². The maximum absolute atomic E-state index is 13.8. The van der Waals surface area contributed by atoms with E-state index >= 15 is 0 Å². The lowest BCUT2D eigenvalue weighted by molar-refractivity contribution is -0.140. The number of hydrogen-bond acceptors (Lipinski definition) is 8. The van der Waals surface area contributed by atoms with E-state index < -0.39 is 56.7 Å². The van der Waals surface area contributed by atoms with Crippen LogP contribution in [0.3, 0.4) is 0 Å². The van der Waals surface area contributed by atoms with E-state index in [0.29, 0.717) is 30.8 Å². The summed E-state index contributed by atoms with van der Waals surface area (Å²) in [4.78, 5) is 55.0. The van der Waals surface area contributed by atoms with Gasteiger partial charge in [-0.3, -0.25) is 24.4 Å². The molecule has 4 aliphatic rings. The lowest BCUT2D eigenvalue weighted by atomic mass is 9.93. The highest BCUT2D eigenvalue weighted by atomic mass is 32.2. The second kappa shape index (κ2) is 11.9. The predicted molar refractivity (Wildman–Crippen MR) is 153 cm³/mol. The van der Waals surface area contributed by atoms with Crippen LogP contribution in [0.25, 0.3) is 0 Å². The second-order valence-electron chi connectivity index (χ2n) is 11.7. The Balaban J connectivity index is 1.34. The van der Waals surface area contributed by atoms with E-state index in [1.54, 1.807) is 36.2 Å². The number of rotatable bonds is 6. The molecule has 0 radical (unpaired) electrons. The summed E-state index contributed by atoms with van der Waals surface area (Å²) < 4.78 is 38.2. The third kappa shape index (κ3) is 6.40. The van der Waals surface area contributed by atoms with E-state index in [0.717, 1.165) is 19.3 Å². The lowest BCUT2D eigenvalue weighted by Crippen LogP contribution is -2.54. The average molecular weight is 603 g/mol. The number of anilines is 1. The van der Waals surface area contributed by atoms with E-state index in [4.69, 9.17) is 9.47 Å². The van der Waals surface area contributed by atoms with E-state index in [9.17, 15) is 27.6 Å².